The van der Waals surface area contributed by atoms with Gasteiger partial charge >= 0.3 is 0 Å². The number of anilines is 1. The van der Waals surface area contributed by atoms with Crippen molar-refractivity contribution in [1.29, 1.82) is 0 Å². The molecule has 1 atom stereocenters. The topological polar surface area (TPSA) is 80.3 Å². The third-order valence-corrected chi connectivity index (χ3v) is 5.77. The van der Waals surface area contributed by atoms with Crippen LogP contribution in [0.25, 0.3) is 28.6 Å². The fourth-order valence-electron chi connectivity index (χ4n) is 3.22. The Morgan fingerprint density at radius 2 is 2.09 bits per heavy atom. The van der Waals surface area contributed by atoms with Gasteiger partial charge in [0.1, 0.15) is 11.3 Å². The predicted octanol–water partition coefficient (Wildman–Crippen LogP) is 6.78. The first-order chi connectivity index (χ1) is 15.9. The highest BCUT2D eigenvalue weighted by molar-refractivity contribution is 7.80. The van der Waals surface area contributed by atoms with Gasteiger partial charge in [-0.3, -0.25) is 10.1 Å². The highest BCUT2D eigenvalue weighted by Crippen LogP contribution is 2.31. The molecular formula is C25H22ClN3O3S. The molecule has 2 N–H and O–H groups in total. The third kappa shape index (κ3) is 5.50. The summed E-state index contributed by atoms with van der Waals surface area (Å²) in [5, 5.41) is 6.08. The summed E-state index contributed by atoms with van der Waals surface area (Å²) in [5.41, 5.74) is 4.00. The SMILES string of the molecule is CCC(C)c1ccc2oc(-c3ccc(Cl)c(NC(=S)NC(=O)/C=C/c4ccco4)c3)nc2c1. The van der Waals surface area contributed by atoms with E-state index >= 15 is 0 Å². The van der Waals surface area contributed by atoms with Crippen molar-refractivity contribution in [3.8, 4) is 11.5 Å². The molecule has 4 rings (SSSR count). The van der Waals surface area contributed by atoms with Crippen LogP contribution in [0, 0.1) is 0 Å². The smallest absolute Gasteiger partial charge is 0.250 e. The number of hydrogen-bond donors (Lipinski definition) is 2. The molecule has 0 aliphatic carbocycles. The summed E-state index contributed by atoms with van der Waals surface area (Å²) in [6.45, 7) is 4.35. The van der Waals surface area contributed by atoms with Gasteiger partial charge in [-0.05, 0) is 78.7 Å². The van der Waals surface area contributed by atoms with Gasteiger partial charge in [0.15, 0.2) is 10.7 Å². The number of oxazole rings is 1. The van der Waals surface area contributed by atoms with Crippen molar-refractivity contribution < 1.29 is 13.6 Å². The van der Waals surface area contributed by atoms with Crippen LogP contribution in [0.2, 0.25) is 5.02 Å². The van der Waals surface area contributed by atoms with Crippen LogP contribution < -0.4 is 10.6 Å². The highest BCUT2D eigenvalue weighted by atomic mass is 35.5. The molecule has 1 unspecified atom stereocenters. The number of fused-ring (bicyclic) bond motifs is 1. The van der Waals surface area contributed by atoms with Gasteiger partial charge < -0.3 is 14.2 Å². The van der Waals surface area contributed by atoms with Crippen molar-refractivity contribution in [1.82, 2.24) is 10.3 Å². The molecule has 8 heteroatoms. The van der Waals surface area contributed by atoms with Crippen molar-refractivity contribution in [3.63, 3.8) is 0 Å². The quantitative estimate of drug-likeness (QED) is 0.234. The van der Waals surface area contributed by atoms with E-state index in [0.29, 0.717) is 33.9 Å². The molecule has 4 aromatic rings. The molecule has 0 aliphatic heterocycles. The number of carbonyl (C=O) groups is 1. The number of aromatic nitrogens is 1. The minimum absolute atomic E-state index is 0.110. The molecule has 0 bridgehead atoms. The van der Waals surface area contributed by atoms with Gasteiger partial charge in [-0.15, -0.1) is 0 Å². The first-order valence-electron chi connectivity index (χ1n) is 10.5. The number of nitrogens with zero attached hydrogens (tertiary/aromatic N) is 1. The molecule has 0 fully saturated rings. The molecule has 168 valence electrons. The summed E-state index contributed by atoms with van der Waals surface area (Å²) >= 11 is 11.6. The van der Waals surface area contributed by atoms with Crippen LogP contribution in [-0.2, 0) is 4.79 Å². The molecule has 0 saturated heterocycles. The Kier molecular flexibility index (Phi) is 6.91. The van der Waals surface area contributed by atoms with Crippen LogP contribution in [0.5, 0.6) is 0 Å². The Balaban J connectivity index is 1.49. The van der Waals surface area contributed by atoms with Gasteiger partial charge in [-0.2, -0.15) is 0 Å². The number of thiocarbonyl (C=S) groups is 1. The molecule has 0 radical (unpaired) electrons. The van der Waals surface area contributed by atoms with E-state index in [1.165, 1.54) is 17.9 Å². The highest BCUT2D eigenvalue weighted by Gasteiger charge is 2.13. The summed E-state index contributed by atoms with van der Waals surface area (Å²) in [7, 11) is 0. The van der Waals surface area contributed by atoms with Crippen molar-refractivity contribution >= 4 is 57.7 Å². The van der Waals surface area contributed by atoms with Crippen LogP contribution in [0.15, 0.2) is 69.7 Å². The Hall–Kier alpha value is -3.42. The number of rotatable bonds is 6. The maximum Gasteiger partial charge on any atom is 0.250 e. The van der Waals surface area contributed by atoms with Crippen molar-refractivity contribution in [2.75, 3.05) is 5.32 Å². The molecule has 0 spiro atoms. The van der Waals surface area contributed by atoms with E-state index in [-0.39, 0.29) is 5.11 Å². The number of benzene rings is 2. The summed E-state index contributed by atoms with van der Waals surface area (Å²) in [6, 6.07) is 14.9. The molecule has 2 aromatic carbocycles. The van der Waals surface area contributed by atoms with Gasteiger partial charge in [-0.1, -0.05) is 31.5 Å². The number of hydrogen-bond acceptors (Lipinski definition) is 5. The summed E-state index contributed by atoms with van der Waals surface area (Å²) in [5.74, 6) is 1.09. The molecule has 1 amide bonds. The van der Waals surface area contributed by atoms with E-state index in [4.69, 9.17) is 32.7 Å². The van der Waals surface area contributed by atoms with E-state index in [1.54, 1.807) is 30.3 Å². The first-order valence-corrected chi connectivity index (χ1v) is 11.3. The minimum Gasteiger partial charge on any atom is -0.465 e. The van der Waals surface area contributed by atoms with Crippen LogP contribution in [0.3, 0.4) is 0 Å². The van der Waals surface area contributed by atoms with Crippen molar-refractivity contribution in [3.05, 3.63) is 77.2 Å². The molecule has 0 aliphatic rings. The standard InChI is InChI=1S/C25H22ClN3O3S/c1-3-15(2)16-7-10-22-21(13-16)27-24(32-22)17-6-9-19(26)20(14-17)28-25(33)29-23(30)11-8-18-5-4-12-31-18/h4-15H,3H2,1-2H3,(H2,28,29,30,33)/b11-8+. The Morgan fingerprint density at radius 3 is 2.85 bits per heavy atom. The molecule has 2 aromatic heterocycles. The second kappa shape index (κ2) is 10.0. The fourth-order valence-corrected chi connectivity index (χ4v) is 3.59. The van der Waals surface area contributed by atoms with Gasteiger partial charge in [0, 0.05) is 11.6 Å². The lowest BCUT2D eigenvalue weighted by Crippen LogP contribution is -2.32. The summed E-state index contributed by atoms with van der Waals surface area (Å²) < 4.78 is 11.1. The number of halogens is 1. The van der Waals surface area contributed by atoms with Crippen LogP contribution in [-0.4, -0.2) is 16.0 Å². The predicted molar refractivity (Wildman–Crippen MR) is 135 cm³/mol. The van der Waals surface area contributed by atoms with Gasteiger partial charge in [-0.25, -0.2) is 4.98 Å². The van der Waals surface area contributed by atoms with Crippen LogP contribution >= 0.6 is 23.8 Å². The second-order valence-corrected chi connectivity index (χ2v) is 8.36. The summed E-state index contributed by atoms with van der Waals surface area (Å²) in [6.07, 6.45) is 5.46. The van der Waals surface area contributed by atoms with E-state index in [0.717, 1.165) is 17.5 Å². The second-order valence-electron chi connectivity index (χ2n) is 7.54. The first kappa shape index (κ1) is 22.8. The van der Waals surface area contributed by atoms with E-state index in [2.05, 4.69) is 41.6 Å². The Labute approximate surface area is 201 Å². The number of furan rings is 1. The zero-order valence-electron chi connectivity index (χ0n) is 18.1. The lowest BCUT2D eigenvalue weighted by atomic mass is 9.98. The minimum atomic E-state index is -0.396. The van der Waals surface area contributed by atoms with E-state index in [9.17, 15) is 4.79 Å². The monoisotopic (exact) mass is 479 g/mol. The average Bonchev–Trinajstić information content (AvgIpc) is 3.47. The molecule has 2 heterocycles. The molecular weight excluding hydrogens is 458 g/mol. The molecule has 0 saturated carbocycles. The Morgan fingerprint density at radius 1 is 1.24 bits per heavy atom. The number of carbonyl (C=O) groups excluding carboxylic acids is 1. The van der Waals surface area contributed by atoms with Gasteiger partial charge in [0.25, 0.3) is 0 Å². The van der Waals surface area contributed by atoms with E-state index in [1.807, 2.05) is 12.1 Å². The lowest BCUT2D eigenvalue weighted by molar-refractivity contribution is -0.115. The van der Waals surface area contributed by atoms with Crippen molar-refractivity contribution in [2.24, 2.45) is 0 Å². The Bertz CT molecular complexity index is 1330. The maximum absolute atomic E-state index is 12.1. The summed E-state index contributed by atoms with van der Waals surface area (Å²) in [4.78, 5) is 16.7. The van der Waals surface area contributed by atoms with Gasteiger partial charge in [0.05, 0.1) is 17.0 Å². The number of amides is 1. The number of nitrogens with one attached hydrogen (secondary N) is 2. The zero-order chi connectivity index (χ0) is 23.4. The van der Waals surface area contributed by atoms with E-state index < -0.39 is 5.91 Å². The third-order valence-electron chi connectivity index (χ3n) is 5.23. The lowest BCUT2D eigenvalue weighted by Gasteiger charge is -2.10. The fraction of sp³-hybridized carbons (Fsp3) is 0.160. The van der Waals surface area contributed by atoms with Gasteiger partial charge in [0.2, 0.25) is 11.8 Å². The normalized spacial score (nSPS) is 12.2. The van der Waals surface area contributed by atoms with Crippen LogP contribution in [0.4, 0.5) is 5.69 Å². The zero-order valence-corrected chi connectivity index (χ0v) is 19.7. The van der Waals surface area contributed by atoms with Crippen molar-refractivity contribution in [2.45, 2.75) is 26.2 Å². The molecule has 6 nitrogen and oxygen atoms in total. The molecule has 33 heavy (non-hydrogen) atoms. The largest absolute Gasteiger partial charge is 0.465 e. The van der Waals surface area contributed by atoms with Crippen LogP contribution in [0.1, 0.15) is 37.5 Å². The maximum atomic E-state index is 12.1. The average molecular weight is 480 g/mol.